The fourth-order valence-electron chi connectivity index (χ4n) is 3.66. The van der Waals surface area contributed by atoms with Gasteiger partial charge in [0.2, 0.25) is 0 Å². The second-order valence-electron chi connectivity index (χ2n) is 7.24. The third-order valence-corrected chi connectivity index (χ3v) is 5.99. The van der Waals surface area contributed by atoms with Gasteiger partial charge in [-0.05, 0) is 49.2 Å². The summed E-state index contributed by atoms with van der Waals surface area (Å²) in [5.74, 6) is 0.714. The van der Waals surface area contributed by atoms with Crippen LogP contribution in [-0.4, -0.2) is 33.5 Å². The minimum absolute atomic E-state index is 0.0683. The molecule has 0 bridgehead atoms. The minimum atomic E-state index is 0.0683. The van der Waals surface area contributed by atoms with Crippen LogP contribution in [0.2, 0.25) is 0 Å². The molecule has 1 aliphatic rings. The van der Waals surface area contributed by atoms with Gasteiger partial charge in [0.05, 0.1) is 0 Å². The van der Waals surface area contributed by atoms with Crippen molar-refractivity contribution in [3.8, 4) is 11.3 Å². The van der Waals surface area contributed by atoms with Crippen LogP contribution in [0.25, 0.3) is 11.3 Å². The van der Waals surface area contributed by atoms with E-state index in [0.29, 0.717) is 16.5 Å². The van der Waals surface area contributed by atoms with Gasteiger partial charge in [-0.25, -0.2) is 0 Å². The summed E-state index contributed by atoms with van der Waals surface area (Å²) in [6, 6.07) is 18.7. The van der Waals surface area contributed by atoms with Crippen LogP contribution in [0.5, 0.6) is 0 Å². The molecule has 1 saturated heterocycles. The molecule has 1 amide bonds. The van der Waals surface area contributed by atoms with Gasteiger partial charge in [-0.15, -0.1) is 5.10 Å². The summed E-state index contributed by atoms with van der Waals surface area (Å²) in [7, 11) is 0. The summed E-state index contributed by atoms with van der Waals surface area (Å²) < 4.78 is 4.05. The molecular weight excluding hydrogens is 354 g/mol. The Kier molecular flexibility index (Phi) is 5.30. The van der Waals surface area contributed by atoms with Crippen molar-refractivity contribution in [2.24, 2.45) is 5.92 Å². The van der Waals surface area contributed by atoms with Gasteiger partial charge >= 0.3 is 0 Å². The number of benzene rings is 2. The second-order valence-corrected chi connectivity index (χ2v) is 8.00. The maximum Gasteiger partial charge on any atom is 0.267 e. The Morgan fingerprint density at radius 2 is 1.78 bits per heavy atom. The number of aromatic nitrogens is 2. The Bertz CT molecular complexity index is 897. The lowest BCUT2D eigenvalue weighted by Crippen LogP contribution is -2.38. The molecule has 1 fully saturated rings. The molecule has 4 rings (SSSR count). The molecule has 0 spiro atoms. The maximum absolute atomic E-state index is 13.0. The zero-order valence-corrected chi connectivity index (χ0v) is 16.3. The van der Waals surface area contributed by atoms with Crippen LogP contribution in [0.3, 0.4) is 0 Å². The van der Waals surface area contributed by atoms with Crippen molar-refractivity contribution in [1.29, 1.82) is 0 Å². The van der Waals surface area contributed by atoms with Gasteiger partial charge in [0.1, 0.15) is 10.6 Å². The molecule has 0 aliphatic carbocycles. The van der Waals surface area contributed by atoms with E-state index in [9.17, 15) is 4.79 Å². The van der Waals surface area contributed by atoms with E-state index in [1.165, 1.54) is 22.7 Å². The molecular formula is C22H23N3OS. The molecule has 1 aliphatic heterocycles. The first-order chi connectivity index (χ1) is 13.2. The second kappa shape index (κ2) is 8.01. The van der Waals surface area contributed by atoms with E-state index in [2.05, 4.69) is 46.8 Å². The van der Waals surface area contributed by atoms with Crippen molar-refractivity contribution in [1.82, 2.24) is 14.5 Å². The fourth-order valence-corrected chi connectivity index (χ4v) is 4.32. The molecule has 138 valence electrons. The van der Waals surface area contributed by atoms with Crippen molar-refractivity contribution in [3.63, 3.8) is 0 Å². The van der Waals surface area contributed by atoms with Crippen LogP contribution in [0.4, 0.5) is 0 Å². The van der Waals surface area contributed by atoms with Gasteiger partial charge in [-0.1, -0.05) is 64.6 Å². The number of carbonyl (C=O) groups excluding carboxylic acids is 1. The number of nitrogens with zero attached hydrogens (tertiary/aromatic N) is 3. The van der Waals surface area contributed by atoms with Crippen LogP contribution in [0.1, 0.15) is 33.6 Å². The van der Waals surface area contributed by atoms with E-state index >= 15 is 0 Å². The van der Waals surface area contributed by atoms with E-state index in [4.69, 9.17) is 0 Å². The van der Waals surface area contributed by atoms with E-state index < -0.39 is 0 Å². The summed E-state index contributed by atoms with van der Waals surface area (Å²) in [5.41, 5.74) is 4.24. The normalized spacial score (nSPS) is 15.1. The first-order valence-electron chi connectivity index (χ1n) is 9.43. The predicted molar refractivity (Wildman–Crippen MR) is 109 cm³/mol. The highest BCUT2D eigenvalue weighted by Gasteiger charge is 2.27. The summed E-state index contributed by atoms with van der Waals surface area (Å²) in [6.45, 7) is 3.66. The van der Waals surface area contributed by atoms with Gasteiger partial charge in [-0.2, -0.15) is 0 Å². The quantitative estimate of drug-likeness (QED) is 0.667. The maximum atomic E-state index is 13.0. The molecule has 0 N–H and O–H groups in total. The first kappa shape index (κ1) is 17.9. The fraction of sp³-hybridized carbons (Fsp3) is 0.318. The molecule has 0 unspecified atom stereocenters. The average Bonchev–Trinajstić information content (AvgIpc) is 3.19. The van der Waals surface area contributed by atoms with Crippen LogP contribution < -0.4 is 0 Å². The van der Waals surface area contributed by atoms with Crippen LogP contribution >= 0.6 is 11.5 Å². The van der Waals surface area contributed by atoms with Crippen molar-refractivity contribution in [2.45, 2.75) is 26.2 Å². The highest BCUT2D eigenvalue weighted by molar-refractivity contribution is 7.08. The molecule has 0 radical (unpaired) electrons. The lowest BCUT2D eigenvalue weighted by Gasteiger charge is -2.31. The number of rotatable bonds is 4. The van der Waals surface area contributed by atoms with Crippen molar-refractivity contribution >= 4 is 17.4 Å². The number of hydrogen-bond acceptors (Lipinski definition) is 4. The monoisotopic (exact) mass is 377 g/mol. The van der Waals surface area contributed by atoms with Crippen LogP contribution in [0, 0.1) is 12.8 Å². The number of hydrogen-bond donors (Lipinski definition) is 0. The molecule has 27 heavy (non-hydrogen) atoms. The van der Waals surface area contributed by atoms with Crippen LogP contribution in [0.15, 0.2) is 54.6 Å². The summed E-state index contributed by atoms with van der Waals surface area (Å²) >= 11 is 1.20. The van der Waals surface area contributed by atoms with Gasteiger partial charge in [0.15, 0.2) is 0 Å². The third kappa shape index (κ3) is 4.08. The Morgan fingerprint density at radius 3 is 2.48 bits per heavy atom. The number of carbonyl (C=O) groups is 1. The first-order valence-corrected chi connectivity index (χ1v) is 10.2. The zero-order chi connectivity index (χ0) is 18.6. The molecule has 1 aromatic heterocycles. The highest BCUT2D eigenvalue weighted by atomic mass is 32.1. The van der Waals surface area contributed by atoms with Crippen molar-refractivity contribution in [2.75, 3.05) is 13.1 Å². The number of aryl methyl sites for hydroxylation is 1. The van der Waals surface area contributed by atoms with Gasteiger partial charge in [0, 0.05) is 18.7 Å². The third-order valence-electron chi connectivity index (χ3n) is 5.28. The minimum Gasteiger partial charge on any atom is -0.338 e. The molecule has 2 heterocycles. The molecule has 3 aromatic rings. The van der Waals surface area contributed by atoms with E-state index in [-0.39, 0.29) is 5.91 Å². The Balaban J connectivity index is 1.42. The largest absolute Gasteiger partial charge is 0.338 e. The summed E-state index contributed by atoms with van der Waals surface area (Å²) in [4.78, 5) is 15.7. The van der Waals surface area contributed by atoms with Crippen LogP contribution in [-0.2, 0) is 6.42 Å². The van der Waals surface area contributed by atoms with Crippen molar-refractivity contribution in [3.05, 3.63) is 70.6 Å². The number of likely N-dealkylation sites (tertiary alicyclic amines) is 1. The number of piperidine rings is 1. The SMILES string of the molecule is Cc1ccc(-c2nnsc2C(=O)N2CCC(Cc3ccccc3)CC2)cc1. The highest BCUT2D eigenvalue weighted by Crippen LogP contribution is 2.28. The Labute approximate surface area is 164 Å². The lowest BCUT2D eigenvalue weighted by molar-refractivity contribution is 0.0696. The molecule has 5 heteroatoms. The molecule has 0 atom stereocenters. The topological polar surface area (TPSA) is 46.1 Å². The predicted octanol–water partition coefficient (Wildman–Crippen LogP) is 4.61. The van der Waals surface area contributed by atoms with E-state index in [1.807, 2.05) is 29.2 Å². The molecule has 4 nitrogen and oxygen atoms in total. The van der Waals surface area contributed by atoms with E-state index in [1.54, 1.807) is 0 Å². The summed E-state index contributed by atoms with van der Waals surface area (Å²) in [6.07, 6.45) is 3.19. The number of amides is 1. The smallest absolute Gasteiger partial charge is 0.267 e. The van der Waals surface area contributed by atoms with Crippen molar-refractivity contribution < 1.29 is 4.79 Å². The average molecular weight is 378 g/mol. The van der Waals surface area contributed by atoms with E-state index in [0.717, 1.165) is 37.9 Å². The Hall–Kier alpha value is -2.53. The Morgan fingerprint density at radius 1 is 1.07 bits per heavy atom. The molecule has 0 saturated carbocycles. The summed E-state index contributed by atoms with van der Waals surface area (Å²) in [5, 5.41) is 4.22. The lowest BCUT2D eigenvalue weighted by atomic mass is 9.90. The van der Waals surface area contributed by atoms with Gasteiger partial charge in [-0.3, -0.25) is 4.79 Å². The molecule has 2 aromatic carbocycles. The zero-order valence-electron chi connectivity index (χ0n) is 15.5. The van der Waals surface area contributed by atoms with Gasteiger partial charge in [0.25, 0.3) is 5.91 Å². The standard InChI is InChI=1S/C22H23N3OS/c1-16-7-9-19(10-8-16)20-21(27-24-23-20)22(26)25-13-11-18(12-14-25)15-17-5-3-2-4-6-17/h2-10,18H,11-15H2,1H3. The van der Waals surface area contributed by atoms with Gasteiger partial charge < -0.3 is 4.90 Å².